The first-order valence-electron chi connectivity index (χ1n) is 6.58. The van der Waals surface area contributed by atoms with Crippen molar-refractivity contribution < 1.29 is 4.79 Å². The molecule has 4 heteroatoms. The summed E-state index contributed by atoms with van der Waals surface area (Å²) in [5.74, 6) is 1.07. The highest BCUT2D eigenvalue weighted by atomic mass is 32.2. The molecule has 0 aliphatic carbocycles. The summed E-state index contributed by atoms with van der Waals surface area (Å²) in [6.07, 6.45) is 1.45. The van der Waals surface area contributed by atoms with Gasteiger partial charge in [-0.15, -0.1) is 0 Å². The number of benzene rings is 1. The van der Waals surface area contributed by atoms with E-state index in [1.807, 2.05) is 30.8 Å². The fourth-order valence-electron chi connectivity index (χ4n) is 1.60. The predicted octanol–water partition coefficient (Wildman–Crippen LogP) is 3.83. The highest BCUT2D eigenvalue weighted by molar-refractivity contribution is 8.00. The van der Waals surface area contributed by atoms with Gasteiger partial charge in [0.2, 0.25) is 5.91 Å². The molecule has 0 saturated heterocycles. The van der Waals surface area contributed by atoms with E-state index in [0.717, 1.165) is 23.4 Å². The van der Waals surface area contributed by atoms with Gasteiger partial charge in [0.25, 0.3) is 0 Å². The molecule has 1 rings (SSSR count). The van der Waals surface area contributed by atoms with Crippen molar-refractivity contribution in [3.05, 3.63) is 23.8 Å². The first-order chi connectivity index (χ1) is 8.78. The lowest BCUT2D eigenvalue weighted by molar-refractivity contribution is -0.116. The van der Waals surface area contributed by atoms with E-state index in [-0.39, 0.29) is 10.7 Å². The Morgan fingerprint density at radius 3 is 2.68 bits per heavy atom. The molecule has 0 aliphatic heterocycles. The lowest BCUT2D eigenvalue weighted by atomic mass is 10.1. The SMILES string of the molecule is Cc1ccc(N)cc1NC(=O)CCCSC(C)(C)C. The molecule has 0 spiro atoms. The highest BCUT2D eigenvalue weighted by Gasteiger charge is 2.11. The quantitative estimate of drug-likeness (QED) is 0.636. The number of hydrogen-bond acceptors (Lipinski definition) is 3. The van der Waals surface area contributed by atoms with Crippen molar-refractivity contribution in [2.45, 2.75) is 45.3 Å². The minimum absolute atomic E-state index is 0.0585. The van der Waals surface area contributed by atoms with Crippen molar-refractivity contribution in [3.63, 3.8) is 0 Å². The Labute approximate surface area is 120 Å². The number of nitrogens with one attached hydrogen (secondary N) is 1. The topological polar surface area (TPSA) is 55.1 Å². The molecule has 3 N–H and O–H groups in total. The van der Waals surface area contributed by atoms with Crippen LogP contribution in [0.4, 0.5) is 11.4 Å². The van der Waals surface area contributed by atoms with E-state index >= 15 is 0 Å². The summed E-state index contributed by atoms with van der Waals surface area (Å²) in [5, 5.41) is 2.92. The molecule has 0 bridgehead atoms. The summed E-state index contributed by atoms with van der Waals surface area (Å²) in [4.78, 5) is 11.8. The largest absolute Gasteiger partial charge is 0.399 e. The normalized spacial score (nSPS) is 11.4. The average molecular weight is 280 g/mol. The maximum Gasteiger partial charge on any atom is 0.224 e. The Morgan fingerprint density at radius 2 is 2.05 bits per heavy atom. The molecule has 0 heterocycles. The molecular weight excluding hydrogens is 256 g/mol. The molecule has 0 atom stereocenters. The van der Waals surface area contributed by atoms with Crippen LogP contribution in [0.3, 0.4) is 0 Å². The van der Waals surface area contributed by atoms with Gasteiger partial charge in [0, 0.05) is 22.5 Å². The third kappa shape index (κ3) is 6.53. The number of hydrogen-bond donors (Lipinski definition) is 2. The van der Waals surface area contributed by atoms with Gasteiger partial charge in [0.15, 0.2) is 0 Å². The van der Waals surface area contributed by atoms with Crippen LogP contribution in [0.5, 0.6) is 0 Å². The second-order valence-electron chi connectivity index (χ2n) is 5.69. The number of nitrogens with two attached hydrogens (primary N) is 1. The summed E-state index contributed by atoms with van der Waals surface area (Å²) < 4.78 is 0.265. The minimum Gasteiger partial charge on any atom is -0.399 e. The fourth-order valence-corrected chi connectivity index (χ4v) is 2.50. The fraction of sp³-hybridized carbons (Fsp3) is 0.533. The third-order valence-corrected chi connectivity index (χ3v) is 3.98. The van der Waals surface area contributed by atoms with Gasteiger partial charge in [-0.3, -0.25) is 4.79 Å². The van der Waals surface area contributed by atoms with Crippen molar-refractivity contribution in [2.75, 3.05) is 16.8 Å². The van der Waals surface area contributed by atoms with E-state index in [1.165, 1.54) is 0 Å². The molecule has 0 radical (unpaired) electrons. The van der Waals surface area contributed by atoms with E-state index in [2.05, 4.69) is 26.1 Å². The summed E-state index contributed by atoms with van der Waals surface area (Å²) in [6.45, 7) is 8.53. The average Bonchev–Trinajstić information content (AvgIpc) is 2.28. The van der Waals surface area contributed by atoms with Gasteiger partial charge in [-0.2, -0.15) is 11.8 Å². The zero-order valence-electron chi connectivity index (χ0n) is 12.2. The molecule has 19 heavy (non-hydrogen) atoms. The Balaban J connectivity index is 2.37. The zero-order chi connectivity index (χ0) is 14.5. The van der Waals surface area contributed by atoms with E-state index in [9.17, 15) is 4.79 Å². The van der Waals surface area contributed by atoms with Crippen molar-refractivity contribution >= 4 is 29.0 Å². The van der Waals surface area contributed by atoms with Crippen LogP contribution in [0.1, 0.15) is 39.2 Å². The van der Waals surface area contributed by atoms with Crippen molar-refractivity contribution in [2.24, 2.45) is 0 Å². The van der Waals surface area contributed by atoms with E-state index in [0.29, 0.717) is 12.1 Å². The van der Waals surface area contributed by atoms with E-state index in [1.54, 1.807) is 6.07 Å². The maximum atomic E-state index is 11.8. The molecule has 106 valence electrons. The highest BCUT2D eigenvalue weighted by Crippen LogP contribution is 2.24. The van der Waals surface area contributed by atoms with Crippen molar-refractivity contribution in [1.82, 2.24) is 0 Å². The maximum absolute atomic E-state index is 11.8. The number of nitrogen functional groups attached to an aromatic ring is 1. The standard InChI is InChI=1S/C15H24N2OS/c1-11-7-8-12(16)10-13(11)17-14(18)6-5-9-19-15(2,3)4/h7-8,10H,5-6,9,16H2,1-4H3,(H,17,18). The van der Waals surface area contributed by atoms with E-state index < -0.39 is 0 Å². The van der Waals surface area contributed by atoms with Crippen LogP contribution >= 0.6 is 11.8 Å². The molecule has 0 unspecified atom stereocenters. The molecule has 0 fully saturated rings. The van der Waals surface area contributed by atoms with Gasteiger partial charge < -0.3 is 11.1 Å². The molecular formula is C15H24N2OS. The van der Waals surface area contributed by atoms with Gasteiger partial charge in [0.05, 0.1) is 0 Å². The lowest BCUT2D eigenvalue weighted by Crippen LogP contribution is -2.14. The van der Waals surface area contributed by atoms with Gasteiger partial charge >= 0.3 is 0 Å². The smallest absolute Gasteiger partial charge is 0.224 e. The number of rotatable bonds is 5. The number of thioether (sulfide) groups is 1. The molecule has 1 aromatic rings. The third-order valence-electron chi connectivity index (χ3n) is 2.62. The summed E-state index contributed by atoms with van der Waals surface area (Å²) in [7, 11) is 0. The molecule has 0 aromatic heterocycles. The molecule has 1 amide bonds. The first kappa shape index (κ1) is 15.9. The monoisotopic (exact) mass is 280 g/mol. The molecule has 3 nitrogen and oxygen atoms in total. The van der Waals surface area contributed by atoms with Gasteiger partial charge in [-0.1, -0.05) is 26.8 Å². The second-order valence-corrected chi connectivity index (χ2v) is 7.61. The Bertz CT molecular complexity index is 438. The van der Waals surface area contributed by atoms with Crippen molar-refractivity contribution in [3.8, 4) is 0 Å². The lowest BCUT2D eigenvalue weighted by Gasteiger charge is -2.17. The molecule has 1 aromatic carbocycles. The van der Waals surface area contributed by atoms with Crippen LogP contribution in [0, 0.1) is 6.92 Å². The summed E-state index contributed by atoms with van der Waals surface area (Å²) in [5.41, 5.74) is 8.24. The van der Waals surface area contributed by atoms with Crippen LogP contribution in [0.15, 0.2) is 18.2 Å². The summed E-state index contributed by atoms with van der Waals surface area (Å²) in [6, 6.07) is 5.56. The molecule has 0 saturated carbocycles. The Morgan fingerprint density at radius 1 is 1.37 bits per heavy atom. The number of carbonyl (C=O) groups excluding carboxylic acids is 1. The number of aryl methyl sites for hydroxylation is 1. The van der Waals surface area contributed by atoms with Crippen LogP contribution in [-0.2, 0) is 4.79 Å². The van der Waals surface area contributed by atoms with Crippen molar-refractivity contribution in [1.29, 1.82) is 0 Å². The predicted molar refractivity (Wildman–Crippen MR) is 85.7 cm³/mol. The minimum atomic E-state index is 0.0585. The van der Waals surface area contributed by atoms with Crippen LogP contribution < -0.4 is 11.1 Å². The van der Waals surface area contributed by atoms with Gasteiger partial charge in [0.1, 0.15) is 0 Å². The van der Waals surface area contributed by atoms with Crippen LogP contribution in [-0.4, -0.2) is 16.4 Å². The number of amides is 1. The van der Waals surface area contributed by atoms with E-state index in [4.69, 9.17) is 5.73 Å². The number of carbonyl (C=O) groups is 1. The number of anilines is 2. The van der Waals surface area contributed by atoms with Gasteiger partial charge in [-0.25, -0.2) is 0 Å². The van der Waals surface area contributed by atoms with Crippen LogP contribution in [0.2, 0.25) is 0 Å². The second kappa shape index (κ2) is 6.85. The molecule has 0 aliphatic rings. The Hall–Kier alpha value is -1.16. The van der Waals surface area contributed by atoms with Crippen LogP contribution in [0.25, 0.3) is 0 Å². The zero-order valence-corrected chi connectivity index (χ0v) is 13.1. The summed E-state index contributed by atoms with van der Waals surface area (Å²) >= 11 is 1.89. The van der Waals surface area contributed by atoms with Gasteiger partial charge in [-0.05, 0) is 36.8 Å². The first-order valence-corrected chi connectivity index (χ1v) is 7.56. The Kier molecular flexibility index (Phi) is 5.73.